The van der Waals surface area contributed by atoms with Crippen molar-refractivity contribution in [1.82, 2.24) is 14.7 Å². The quantitative estimate of drug-likeness (QED) is 0.852. The van der Waals surface area contributed by atoms with Crippen molar-refractivity contribution in [3.63, 3.8) is 0 Å². The Hall–Kier alpha value is -2.15. The van der Waals surface area contributed by atoms with Gasteiger partial charge in [0.1, 0.15) is 0 Å². The maximum Gasteiger partial charge on any atom is 0.253 e. The first-order valence-electron chi connectivity index (χ1n) is 7.95. The highest BCUT2D eigenvalue weighted by Crippen LogP contribution is 2.23. The van der Waals surface area contributed by atoms with E-state index in [0.29, 0.717) is 18.7 Å². The number of nitrogens with zero attached hydrogens (tertiary/aromatic N) is 3. The van der Waals surface area contributed by atoms with E-state index >= 15 is 0 Å². The SMILES string of the molecule is Cc1cnn([C@@H]2CCCN(C(=O)c3cccc(S(C)(=O)=O)c3)C2)c1. The summed E-state index contributed by atoms with van der Waals surface area (Å²) in [6.45, 7) is 3.26. The number of likely N-dealkylation sites (tertiary alicyclic amines) is 1. The molecule has 0 bridgehead atoms. The lowest BCUT2D eigenvalue weighted by Gasteiger charge is -2.33. The second kappa shape index (κ2) is 6.39. The predicted octanol–water partition coefficient (Wildman–Crippen LogP) is 2.07. The number of carbonyl (C=O) groups is 1. The lowest BCUT2D eigenvalue weighted by molar-refractivity contribution is 0.0672. The Morgan fingerprint density at radius 1 is 1.33 bits per heavy atom. The molecule has 1 aliphatic rings. The molecule has 1 aromatic carbocycles. The molecule has 24 heavy (non-hydrogen) atoms. The maximum atomic E-state index is 12.8. The van der Waals surface area contributed by atoms with Crippen LogP contribution in [0.15, 0.2) is 41.6 Å². The number of hydrogen-bond acceptors (Lipinski definition) is 4. The molecule has 1 saturated heterocycles. The van der Waals surface area contributed by atoms with Gasteiger partial charge in [-0.05, 0) is 43.5 Å². The highest BCUT2D eigenvalue weighted by molar-refractivity contribution is 7.90. The number of aryl methyl sites for hydroxylation is 1. The van der Waals surface area contributed by atoms with Gasteiger partial charge in [0.15, 0.2) is 9.84 Å². The van der Waals surface area contributed by atoms with E-state index in [0.717, 1.165) is 24.7 Å². The third-order valence-electron chi connectivity index (χ3n) is 4.30. The van der Waals surface area contributed by atoms with Crippen molar-refractivity contribution in [2.24, 2.45) is 0 Å². The van der Waals surface area contributed by atoms with Crippen LogP contribution in [-0.4, -0.2) is 48.4 Å². The van der Waals surface area contributed by atoms with E-state index in [4.69, 9.17) is 0 Å². The molecule has 1 fully saturated rings. The van der Waals surface area contributed by atoms with Crippen molar-refractivity contribution in [3.05, 3.63) is 47.8 Å². The summed E-state index contributed by atoms with van der Waals surface area (Å²) >= 11 is 0. The van der Waals surface area contributed by atoms with Gasteiger partial charge < -0.3 is 4.90 Å². The third kappa shape index (κ3) is 3.51. The molecular weight excluding hydrogens is 326 g/mol. The average Bonchev–Trinajstić information content (AvgIpc) is 3.00. The van der Waals surface area contributed by atoms with E-state index in [1.165, 1.54) is 12.1 Å². The van der Waals surface area contributed by atoms with E-state index in [1.807, 2.05) is 24.0 Å². The Kier molecular flexibility index (Phi) is 4.45. The van der Waals surface area contributed by atoms with Gasteiger partial charge in [-0.2, -0.15) is 5.10 Å². The predicted molar refractivity (Wildman–Crippen MR) is 90.7 cm³/mol. The highest BCUT2D eigenvalue weighted by Gasteiger charge is 2.26. The van der Waals surface area contributed by atoms with Crippen molar-refractivity contribution in [3.8, 4) is 0 Å². The van der Waals surface area contributed by atoms with Crippen molar-refractivity contribution >= 4 is 15.7 Å². The number of rotatable bonds is 3. The number of aromatic nitrogens is 2. The number of hydrogen-bond donors (Lipinski definition) is 0. The van der Waals surface area contributed by atoms with Crippen LogP contribution in [-0.2, 0) is 9.84 Å². The fraction of sp³-hybridized carbons (Fsp3) is 0.412. The smallest absolute Gasteiger partial charge is 0.253 e. The van der Waals surface area contributed by atoms with Gasteiger partial charge in [-0.15, -0.1) is 0 Å². The van der Waals surface area contributed by atoms with Gasteiger partial charge in [0, 0.05) is 31.1 Å². The Bertz CT molecular complexity index is 857. The molecule has 0 N–H and O–H groups in total. The zero-order valence-corrected chi connectivity index (χ0v) is 14.7. The van der Waals surface area contributed by atoms with Crippen LogP contribution in [0.3, 0.4) is 0 Å². The molecule has 1 atom stereocenters. The number of piperidine rings is 1. The van der Waals surface area contributed by atoms with Crippen LogP contribution in [0.25, 0.3) is 0 Å². The molecule has 0 radical (unpaired) electrons. The first-order valence-corrected chi connectivity index (χ1v) is 9.84. The summed E-state index contributed by atoms with van der Waals surface area (Å²) in [7, 11) is -3.33. The molecule has 0 aliphatic carbocycles. The van der Waals surface area contributed by atoms with Gasteiger partial charge in [-0.1, -0.05) is 6.07 Å². The highest BCUT2D eigenvalue weighted by atomic mass is 32.2. The van der Waals surface area contributed by atoms with Gasteiger partial charge in [-0.25, -0.2) is 8.42 Å². The van der Waals surface area contributed by atoms with Gasteiger partial charge in [0.05, 0.1) is 17.1 Å². The van der Waals surface area contributed by atoms with Crippen LogP contribution in [0, 0.1) is 6.92 Å². The van der Waals surface area contributed by atoms with Gasteiger partial charge >= 0.3 is 0 Å². The van der Waals surface area contributed by atoms with Crippen LogP contribution >= 0.6 is 0 Å². The number of amides is 1. The molecule has 3 rings (SSSR count). The third-order valence-corrected chi connectivity index (χ3v) is 5.41. The molecule has 0 saturated carbocycles. The summed E-state index contributed by atoms with van der Waals surface area (Å²) in [6, 6.07) is 6.41. The van der Waals surface area contributed by atoms with E-state index in [9.17, 15) is 13.2 Å². The van der Waals surface area contributed by atoms with Crippen LogP contribution < -0.4 is 0 Å². The summed E-state index contributed by atoms with van der Waals surface area (Å²) in [6.07, 6.45) is 6.84. The molecule has 0 spiro atoms. The molecular formula is C17H21N3O3S. The Balaban J connectivity index is 1.80. The second-order valence-corrected chi connectivity index (χ2v) is 8.36. The first-order chi connectivity index (χ1) is 11.3. The van der Waals surface area contributed by atoms with Crippen molar-refractivity contribution in [1.29, 1.82) is 0 Å². The lowest BCUT2D eigenvalue weighted by Crippen LogP contribution is -2.40. The van der Waals surface area contributed by atoms with E-state index in [2.05, 4.69) is 5.10 Å². The van der Waals surface area contributed by atoms with Crippen molar-refractivity contribution < 1.29 is 13.2 Å². The van der Waals surface area contributed by atoms with Crippen molar-refractivity contribution in [2.45, 2.75) is 30.7 Å². The molecule has 0 unspecified atom stereocenters. The molecule has 7 heteroatoms. The minimum absolute atomic E-state index is 0.130. The number of carbonyl (C=O) groups excluding carboxylic acids is 1. The van der Waals surface area contributed by atoms with Crippen LogP contribution in [0.2, 0.25) is 0 Å². The Labute approximate surface area is 142 Å². The van der Waals surface area contributed by atoms with E-state index in [-0.39, 0.29) is 16.8 Å². The monoisotopic (exact) mass is 347 g/mol. The standard InChI is InChI=1S/C17H21N3O3S/c1-13-10-18-20(11-13)15-6-4-8-19(12-15)17(21)14-5-3-7-16(9-14)24(2,22)23/h3,5,7,9-11,15H,4,6,8,12H2,1-2H3/t15-/m1/s1. The minimum Gasteiger partial charge on any atom is -0.337 e. The van der Waals surface area contributed by atoms with Gasteiger partial charge in [0.2, 0.25) is 0 Å². The second-order valence-electron chi connectivity index (χ2n) is 6.34. The number of benzene rings is 1. The normalized spacial score (nSPS) is 18.6. The van der Waals surface area contributed by atoms with E-state index in [1.54, 1.807) is 17.0 Å². The molecule has 2 aromatic rings. The lowest BCUT2D eigenvalue weighted by atomic mass is 10.0. The average molecular weight is 347 g/mol. The van der Waals surface area contributed by atoms with Crippen molar-refractivity contribution in [2.75, 3.05) is 19.3 Å². The molecule has 1 aliphatic heterocycles. The summed E-state index contributed by atoms with van der Waals surface area (Å²) in [5.74, 6) is -0.130. The zero-order chi connectivity index (χ0) is 17.3. The fourth-order valence-corrected chi connectivity index (χ4v) is 3.70. The van der Waals surface area contributed by atoms with Gasteiger partial charge in [-0.3, -0.25) is 9.48 Å². The van der Waals surface area contributed by atoms with Crippen LogP contribution in [0.5, 0.6) is 0 Å². The molecule has 1 amide bonds. The Morgan fingerprint density at radius 3 is 2.79 bits per heavy atom. The number of sulfone groups is 1. The zero-order valence-electron chi connectivity index (χ0n) is 13.8. The van der Waals surface area contributed by atoms with E-state index < -0.39 is 9.84 Å². The Morgan fingerprint density at radius 2 is 2.12 bits per heavy atom. The molecule has 2 heterocycles. The molecule has 1 aromatic heterocycles. The summed E-state index contributed by atoms with van der Waals surface area (Å²) < 4.78 is 25.3. The summed E-state index contributed by atoms with van der Waals surface area (Å²) in [4.78, 5) is 14.7. The molecule has 6 nitrogen and oxygen atoms in total. The topological polar surface area (TPSA) is 72.3 Å². The molecule has 128 valence electrons. The maximum absolute atomic E-state index is 12.8. The fourth-order valence-electron chi connectivity index (χ4n) is 3.03. The minimum atomic E-state index is -3.33. The summed E-state index contributed by atoms with van der Waals surface area (Å²) in [5.41, 5.74) is 1.51. The largest absolute Gasteiger partial charge is 0.337 e. The van der Waals surface area contributed by atoms with Crippen LogP contribution in [0.4, 0.5) is 0 Å². The summed E-state index contributed by atoms with van der Waals surface area (Å²) in [5, 5.41) is 4.35. The first kappa shape index (κ1) is 16.7. The van der Waals surface area contributed by atoms with Gasteiger partial charge in [0.25, 0.3) is 5.91 Å². The van der Waals surface area contributed by atoms with Crippen LogP contribution in [0.1, 0.15) is 34.8 Å².